The highest BCUT2D eigenvalue weighted by atomic mass is 16.3. The molecule has 8 nitrogen and oxygen atoms in total. The summed E-state index contributed by atoms with van der Waals surface area (Å²) in [5.74, 6) is -0.834. The molecular formula is C26H26N4O4. The number of hydrogen-bond donors (Lipinski definition) is 4. The van der Waals surface area contributed by atoms with Crippen molar-refractivity contribution in [3.63, 3.8) is 0 Å². The van der Waals surface area contributed by atoms with Crippen LogP contribution < -0.4 is 10.6 Å². The van der Waals surface area contributed by atoms with E-state index in [1.807, 2.05) is 12.1 Å². The fourth-order valence-corrected chi connectivity index (χ4v) is 3.06. The molecule has 0 bridgehead atoms. The molecule has 0 saturated heterocycles. The zero-order chi connectivity index (χ0) is 24.8. The molecule has 174 valence electrons. The minimum absolute atomic E-state index is 0.0413. The van der Waals surface area contributed by atoms with Crippen LogP contribution in [0, 0.1) is 22.7 Å². The van der Waals surface area contributed by atoms with Gasteiger partial charge < -0.3 is 20.8 Å². The molecule has 2 aromatic rings. The number of carbonyl (C=O) groups excluding carboxylic acids is 2. The molecular weight excluding hydrogens is 432 g/mol. The molecule has 0 fully saturated rings. The number of nitrogens with one attached hydrogen (secondary N) is 2. The summed E-state index contributed by atoms with van der Waals surface area (Å²) in [5.41, 5.74) is 1.04. The van der Waals surface area contributed by atoms with Crippen LogP contribution >= 0.6 is 0 Å². The Balaban J connectivity index is 1.66. The molecule has 2 aromatic carbocycles. The second-order valence-corrected chi connectivity index (χ2v) is 7.46. The highest BCUT2D eigenvalue weighted by molar-refractivity contribution is 6.02. The number of amides is 2. The van der Waals surface area contributed by atoms with Crippen molar-refractivity contribution in [2.24, 2.45) is 0 Å². The van der Waals surface area contributed by atoms with Crippen molar-refractivity contribution in [2.45, 2.75) is 25.7 Å². The molecule has 0 heterocycles. The summed E-state index contributed by atoms with van der Waals surface area (Å²) in [6, 6.07) is 16.3. The third kappa shape index (κ3) is 8.89. The zero-order valence-electron chi connectivity index (χ0n) is 18.6. The maximum Gasteiger partial charge on any atom is 0.261 e. The van der Waals surface area contributed by atoms with Gasteiger partial charge in [0.15, 0.2) is 0 Å². The molecule has 0 atom stereocenters. The summed E-state index contributed by atoms with van der Waals surface area (Å²) in [4.78, 5) is 24.3. The number of hydrogen-bond acceptors (Lipinski definition) is 6. The fraction of sp³-hybridized carbons (Fsp3) is 0.231. The maximum absolute atomic E-state index is 12.2. The third-order valence-electron chi connectivity index (χ3n) is 4.77. The summed E-state index contributed by atoms with van der Waals surface area (Å²) in [5, 5.41) is 42.8. The van der Waals surface area contributed by atoms with E-state index in [1.165, 1.54) is 36.4 Å². The lowest BCUT2D eigenvalue weighted by Crippen LogP contribution is -2.26. The van der Waals surface area contributed by atoms with E-state index < -0.39 is 11.8 Å². The first-order valence-electron chi connectivity index (χ1n) is 10.8. The average Bonchev–Trinajstić information content (AvgIpc) is 2.82. The standard InChI is InChI=1S/C26H26N4O4/c27-17-21(13-19-7-5-9-23(31)15-19)25(33)29-11-3-1-2-4-12-30-26(34)22(18-28)14-20-8-6-10-24(32)16-20/h5-10,13-16,31-32H,1-4,11-12H2,(H,29,33)(H,30,34)/b21-13+,22-14+. The van der Waals surface area contributed by atoms with Gasteiger partial charge in [0, 0.05) is 13.1 Å². The van der Waals surface area contributed by atoms with Crippen molar-refractivity contribution in [2.75, 3.05) is 13.1 Å². The number of nitriles is 2. The predicted octanol–water partition coefficient (Wildman–Crippen LogP) is 3.40. The van der Waals surface area contributed by atoms with Crippen LogP contribution in [-0.2, 0) is 9.59 Å². The molecule has 8 heteroatoms. The van der Waals surface area contributed by atoms with E-state index in [2.05, 4.69) is 10.6 Å². The van der Waals surface area contributed by atoms with E-state index in [-0.39, 0.29) is 22.6 Å². The molecule has 34 heavy (non-hydrogen) atoms. The predicted molar refractivity (Wildman–Crippen MR) is 128 cm³/mol. The fourth-order valence-electron chi connectivity index (χ4n) is 3.06. The highest BCUT2D eigenvalue weighted by Gasteiger charge is 2.09. The zero-order valence-corrected chi connectivity index (χ0v) is 18.6. The Morgan fingerprint density at radius 1 is 0.735 bits per heavy atom. The van der Waals surface area contributed by atoms with Crippen molar-refractivity contribution < 1.29 is 19.8 Å². The molecule has 0 unspecified atom stereocenters. The van der Waals surface area contributed by atoms with Crippen LogP contribution in [0.25, 0.3) is 12.2 Å². The lowest BCUT2D eigenvalue weighted by atomic mass is 10.1. The molecule has 0 spiro atoms. The van der Waals surface area contributed by atoms with Gasteiger partial charge in [-0.2, -0.15) is 10.5 Å². The Bertz CT molecular complexity index is 1060. The lowest BCUT2D eigenvalue weighted by Gasteiger charge is -2.06. The Kier molecular flexibility index (Phi) is 10.4. The van der Waals surface area contributed by atoms with Crippen molar-refractivity contribution in [3.8, 4) is 23.6 Å². The van der Waals surface area contributed by atoms with Crippen LogP contribution in [0.2, 0.25) is 0 Å². The van der Waals surface area contributed by atoms with Gasteiger partial charge in [0.1, 0.15) is 34.8 Å². The quantitative estimate of drug-likeness (QED) is 0.231. The van der Waals surface area contributed by atoms with E-state index in [9.17, 15) is 30.3 Å². The minimum Gasteiger partial charge on any atom is -0.508 e. The van der Waals surface area contributed by atoms with Gasteiger partial charge in [-0.3, -0.25) is 9.59 Å². The monoisotopic (exact) mass is 458 g/mol. The van der Waals surface area contributed by atoms with Gasteiger partial charge in [0.25, 0.3) is 11.8 Å². The topological polar surface area (TPSA) is 146 Å². The summed E-state index contributed by atoms with van der Waals surface area (Å²) in [6.45, 7) is 0.824. The van der Waals surface area contributed by atoms with Gasteiger partial charge in [-0.15, -0.1) is 0 Å². The molecule has 0 saturated carbocycles. The summed E-state index contributed by atoms with van der Waals surface area (Å²) < 4.78 is 0. The Labute approximate surface area is 198 Å². The second kappa shape index (κ2) is 13.8. The summed E-state index contributed by atoms with van der Waals surface area (Å²) in [6.07, 6.45) is 5.90. The van der Waals surface area contributed by atoms with Gasteiger partial charge in [0.05, 0.1) is 0 Å². The first kappa shape index (κ1) is 25.7. The number of unbranched alkanes of at least 4 members (excludes halogenated alkanes) is 3. The van der Waals surface area contributed by atoms with Crippen molar-refractivity contribution >= 4 is 24.0 Å². The normalized spacial score (nSPS) is 11.2. The van der Waals surface area contributed by atoms with Crippen LogP contribution in [0.15, 0.2) is 59.7 Å². The maximum atomic E-state index is 12.2. The largest absolute Gasteiger partial charge is 0.508 e. The van der Waals surface area contributed by atoms with Crippen LogP contribution in [0.4, 0.5) is 0 Å². The van der Waals surface area contributed by atoms with Crippen molar-refractivity contribution in [1.29, 1.82) is 10.5 Å². The summed E-state index contributed by atoms with van der Waals surface area (Å²) >= 11 is 0. The molecule has 0 aliphatic rings. The van der Waals surface area contributed by atoms with Crippen LogP contribution in [0.1, 0.15) is 36.8 Å². The Morgan fingerprint density at radius 2 is 1.15 bits per heavy atom. The van der Waals surface area contributed by atoms with Crippen LogP contribution in [0.5, 0.6) is 11.5 Å². The average molecular weight is 459 g/mol. The summed E-state index contributed by atoms with van der Waals surface area (Å²) in [7, 11) is 0. The number of benzene rings is 2. The van der Waals surface area contributed by atoms with E-state index in [1.54, 1.807) is 24.3 Å². The SMILES string of the molecule is N#C/C(=C\c1cccc(O)c1)C(=O)NCCCCCCNC(=O)/C(C#N)=C/c1cccc(O)c1. The number of rotatable bonds is 11. The highest BCUT2D eigenvalue weighted by Crippen LogP contribution is 2.15. The van der Waals surface area contributed by atoms with Crippen LogP contribution in [0.3, 0.4) is 0 Å². The first-order chi connectivity index (χ1) is 16.4. The second-order valence-electron chi connectivity index (χ2n) is 7.46. The number of carbonyl (C=O) groups is 2. The smallest absolute Gasteiger partial charge is 0.261 e. The number of aromatic hydroxyl groups is 2. The molecule has 0 radical (unpaired) electrons. The third-order valence-corrected chi connectivity index (χ3v) is 4.77. The van der Waals surface area contributed by atoms with Gasteiger partial charge in [-0.25, -0.2) is 0 Å². The number of nitrogens with zero attached hydrogens (tertiary/aromatic N) is 2. The van der Waals surface area contributed by atoms with E-state index in [4.69, 9.17) is 0 Å². The molecule has 2 amide bonds. The van der Waals surface area contributed by atoms with Gasteiger partial charge in [0.2, 0.25) is 0 Å². The van der Waals surface area contributed by atoms with Gasteiger partial charge in [-0.1, -0.05) is 37.1 Å². The molecule has 0 aliphatic carbocycles. The number of phenols is 2. The molecule has 0 aliphatic heterocycles. The van der Waals surface area contributed by atoms with Crippen molar-refractivity contribution in [1.82, 2.24) is 10.6 Å². The van der Waals surface area contributed by atoms with E-state index in [0.29, 0.717) is 37.1 Å². The Morgan fingerprint density at radius 3 is 1.50 bits per heavy atom. The lowest BCUT2D eigenvalue weighted by molar-refractivity contribution is -0.117. The molecule has 2 rings (SSSR count). The van der Waals surface area contributed by atoms with E-state index >= 15 is 0 Å². The van der Waals surface area contributed by atoms with E-state index in [0.717, 1.165) is 12.8 Å². The first-order valence-corrected chi connectivity index (χ1v) is 10.8. The van der Waals surface area contributed by atoms with Gasteiger partial charge >= 0.3 is 0 Å². The number of phenolic OH excluding ortho intramolecular Hbond substituents is 2. The van der Waals surface area contributed by atoms with Crippen LogP contribution in [-0.4, -0.2) is 35.1 Å². The van der Waals surface area contributed by atoms with Crippen molar-refractivity contribution in [3.05, 3.63) is 70.8 Å². The Hall–Kier alpha value is -4.56. The molecule has 0 aromatic heterocycles. The molecule has 4 N–H and O–H groups in total. The van der Waals surface area contributed by atoms with Gasteiger partial charge in [-0.05, 0) is 60.4 Å². The minimum atomic E-state index is -0.472.